The van der Waals surface area contributed by atoms with E-state index in [0.717, 1.165) is 24.0 Å². The Morgan fingerprint density at radius 1 is 1.00 bits per heavy atom. The first kappa shape index (κ1) is 22.0. The molecule has 150 valence electrons. The largest absolute Gasteiger partial charge is 0.354 e. The number of nitrogens with one attached hydrogen (secondary N) is 1. The van der Waals surface area contributed by atoms with Crippen LogP contribution in [-0.4, -0.2) is 29.3 Å². The molecule has 0 unspecified atom stereocenters. The Morgan fingerprint density at radius 2 is 1.71 bits per heavy atom. The molecule has 0 aliphatic heterocycles. The van der Waals surface area contributed by atoms with Crippen molar-refractivity contribution in [3.8, 4) is 0 Å². The van der Waals surface area contributed by atoms with Crippen LogP contribution in [0.15, 0.2) is 54.6 Å². The second kappa shape index (κ2) is 11.5. The summed E-state index contributed by atoms with van der Waals surface area (Å²) in [4.78, 5) is 27.6. The Morgan fingerprint density at radius 3 is 2.36 bits per heavy atom. The van der Waals surface area contributed by atoms with Crippen LogP contribution >= 0.6 is 11.6 Å². The number of halogens is 1. The van der Waals surface area contributed by atoms with Crippen LogP contribution in [0.2, 0.25) is 5.02 Å². The molecule has 2 rings (SSSR count). The molecule has 0 radical (unpaired) electrons. The molecule has 0 saturated heterocycles. The molecule has 0 bridgehead atoms. The van der Waals surface area contributed by atoms with Gasteiger partial charge in [0, 0.05) is 31.0 Å². The molecule has 1 atom stereocenters. The third-order valence-electron chi connectivity index (χ3n) is 4.53. The van der Waals surface area contributed by atoms with Crippen LogP contribution in [0, 0.1) is 0 Å². The second-order valence-corrected chi connectivity index (χ2v) is 7.33. The summed E-state index contributed by atoms with van der Waals surface area (Å²) in [6.07, 6.45) is 2.47. The molecule has 0 aliphatic carbocycles. The highest BCUT2D eigenvalue weighted by Gasteiger charge is 2.29. The molecule has 4 nitrogen and oxygen atoms in total. The molecule has 0 spiro atoms. The van der Waals surface area contributed by atoms with E-state index in [1.807, 2.05) is 62.4 Å². The van der Waals surface area contributed by atoms with E-state index in [2.05, 4.69) is 5.32 Å². The molecule has 2 amide bonds. The molecule has 1 N–H and O–H groups in total. The highest BCUT2D eigenvalue weighted by atomic mass is 35.5. The van der Waals surface area contributed by atoms with Gasteiger partial charge in [0.25, 0.3) is 0 Å². The quantitative estimate of drug-likeness (QED) is 0.633. The fourth-order valence-corrected chi connectivity index (χ4v) is 3.32. The number of carbonyl (C=O) groups is 2. The van der Waals surface area contributed by atoms with Gasteiger partial charge in [0.2, 0.25) is 11.8 Å². The lowest BCUT2D eigenvalue weighted by molar-refractivity contribution is -0.141. The van der Waals surface area contributed by atoms with E-state index >= 15 is 0 Å². The van der Waals surface area contributed by atoms with Crippen LogP contribution in [-0.2, 0) is 22.6 Å². The summed E-state index contributed by atoms with van der Waals surface area (Å²) >= 11 is 6.13. The summed E-state index contributed by atoms with van der Waals surface area (Å²) < 4.78 is 0. The molecule has 2 aromatic carbocycles. The third-order valence-corrected chi connectivity index (χ3v) is 4.76. The zero-order valence-electron chi connectivity index (χ0n) is 16.7. The minimum Gasteiger partial charge on any atom is -0.354 e. The number of carbonyl (C=O) groups excluding carboxylic acids is 2. The molecule has 0 heterocycles. The van der Waals surface area contributed by atoms with Crippen molar-refractivity contribution in [2.75, 3.05) is 6.54 Å². The van der Waals surface area contributed by atoms with Gasteiger partial charge in [0.15, 0.2) is 0 Å². The first-order valence-electron chi connectivity index (χ1n) is 9.90. The number of benzene rings is 2. The lowest BCUT2D eigenvalue weighted by atomic mass is 10.0. The number of hydrogen-bond donors (Lipinski definition) is 1. The average molecular weight is 401 g/mol. The van der Waals surface area contributed by atoms with Crippen molar-refractivity contribution in [3.63, 3.8) is 0 Å². The standard InChI is InChI=1S/C23H29ClN2O2/c1-3-9-22(27)26(17-19-12-8-13-20(24)15-19)21(23(28)25-14-4-2)16-18-10-6-5-7-11-18/h5-8,10-13,15,21H,3-4,9,14,16-17H2,1-2H3,(H,25,28)/t21-/m1/s1. The highest BCUT2D eigenvalue weighted by Crippen LogP contribution is 2.18. The van der Waals surface area contributed by atoms with Crippen molar-refractivity contribution in [1.29, 1.82) is 0 Å². The fraction of sp³-hybridized carbons (Fsp3) is 0.391. The van der Waals surface area contributed by atoms with Crippen LogP contribution in [0.1, 0.15) is 44.2 Å². The van der Waals surface area contributed by atoms with E-state index in [0.29, 0.717) is 31.0 Å². The van der Waals surface area contributed by atoms with Gasteiger partial charge < -0.3 is 10.2 Å². The normalized spacial score (nSPS) is 11.7. The smallest absolute Gasteiger partial charge is 0.243 e. The van der Waals surface area contributed by atoms with E-state index in [1.54, 1.807) is 11.0 Å². The zero-order valence-corrected chi connectivity index (χ0v) is 17.4. The summed E-state index contributed by atoms with van der Waals surface area (Å²) in [6, 6.07) is 16.7. The molecule has 0 aromatic heterocycles. The summed E-state index contributed by atoms with van der Waals surface area (Å²) in [5, 5.41) is 3.59. The Hall–Kier alpha value is -2.33. The maximum Gasteiger partial charge on any atom is 0.243 e. The highest BCUT2D eigenvalue weighted by molar-refractivity contribution is 6.30. The predicted octanol–water partition coefficient (Wildman–Crippen LogP) is 4.61. The van der Waals surface area contributed by atoms with Crippen LogP contribution in [0.25, 0.3) is 0 Å². The van der Waals surface area contributed by atoms with Crippen molar-refractivity contribution >= 4 is 23.4 Å². The first-order valence-corrected chi connectivity index (χ1v) is 10.3. The van der Waals surface area contributed by atoms with Crippen LogP contribution < -0.4 is 5.32 Å². The minimum atomic E-state index is -0.563. The van der Waals surface area contributed by atoms with Gasteiger partial charge in [-0.1, -0.05) is 67.9 Å². The van der Waals surface area contributed by atoms with Gasteiger partial charge in [0.1, 0.15) is 6.04 Å². The average Bonchev–Trinajstić information content (AvgIpc) is 2.69. The van der Waals surface area contributed by atoms with E-state index in [1.165, 1.54) is 0 Å². The molecule has 0 saturated carbocycles. The zero-order chi connectivity index (χ0) is 20.4. The SMILES string of the molecule is CCCNC(=O)[C@@H](Cc1ccccc1)N(Cc1cccc(Cl)c1)C(=O)CCC. The van der Waals surface area contributed by atoms with Crippen molar-refractivity contribution < 1.29 is 9.59 Å². The Balaban J connectivity index is 2.34. The summed E-state index contributed by atoms with van der Waals surface area (Å²) in [5.74, 6) is -0.132. The molecular formula is C23H29ClN2O2. The second-order valence-electron chi connectivity index (χ2n) is 6.90. The molecule has 0 fully saturated rings. The van der Waals surface area contributed by atoms with Gasteiger partial charge in [-0.25, -0.2) is 0 Å². The summed E-state index contributed by atoms with van der Waals surface area (Å²) in [7, 11) is 0. The van der Waals surface area contributed by atoms with Crippen molar-refractivity contribution in [3.05, 3.63) is 70.7 Å². The van der Waals surface area contributed by atoms with Gasteiger partial charge in [0.05, 0.1) is 0 Å². The predicted molar refractivity (Wildman–Crippen MR) is 114 cm³/mol. The maximum absolute atomic E-state index is 13.0. The van der Waals surface area contributed by atoms with E-state index in [4.69, 9.17) is 11.6 Å². The van der Waals surface area contributed by atoms with Crippen LogP contribution in [0.4, 0.5) is 0 Å². The van der Waals surface area contributed by atoms with Crippen molar-refractivity contribution in [2.24, 2.45) is 0 Å². The molecule has 0 aliphatic rings. The Labute approximate surface area is 172 Å². The number of rotatable bonds is 10. The van der Waals surface area contributed by atoms with E-state index in [9.17, 15) is 9.59 Å². The van der Waals surface area contributed by atoms with Gasteiger partial charge in [-0.15, -0.1) is 0 Å². The van der Waals surface area contributed by atoms with Gasteiger partial charge in [-0.3, -0.25) is 9.59 Å². The van der Waals surface area contributed by atoms with Gasteiger partial charge >= 0.3 is 0 Å². The molecule has 28 heavy (non-hydrogen) atoms. The number of hydrogen-bond acceptors (Lipinski definition) is 2. The van der Waals surface area contributed by atoms with Gasteiger partial charge in [-0.05, 0) is 36.1 Å². The summed E-state index contributed by atoms with van der Waals surface area (Å²) in [6.45, 7) is 4.94. The van der Waals surface area contributed by atoms with Crippen LogP contribution in [0.3, 0.4) is 0 Å². The molecule has 2 aromatic rings. The Bertz CT molecular complexity index is 764. The topological polar surface area (TPSA) is 49.4 Å². The number of amides is 2. The summed E-state index contributed by atoms with van der Waals surface area (Å²) in [5.41, 5.74) is 1.94. The lowest BCUT2D eigenvalue weighted by Crippen LogP contribution is -2.50. The molecule has 5 heteroatoms. The monoisotopic (exact) mass is 400 g/mol. The third kappa shape index (κ3) is 6.68. The number of nitrogens with zero attached hydrogens (tertiary/aromatic N) is 1. The van der Waals surface area contributed by atoms with Crippen molar-refractivity contribution in [2.45, 2.75) is 52.1 Å². The lowest BCUT2D eigenvalue weighted by Gasteiger charge is -2.31. The van der Waals surface area contributed by atoms with E-state index in [-0.39, 0.29) is 11.8 Å². The van der Waals surface area contributed by atoms with E-state index < -0.39 is 6.04 Å². The fourth-order valence-electron chi connectivity index (χ4n) is 3.11. The van der Waals surface area contributed by atoms with Crippen molar-refractivity contribution in [1.82, 2.24) is 10.2 Å². The minimum absolute atomic E-state index is 0.0185. The van der Waals surface area contributed by atoms with Gasteiger partial charge in [-0.2, -0.15) is 0 Å². The Kier molecular flexibility index (Phi) is 9.02. The van der Waals surface area contributed by atoms with Crippen LogP contribution in [0.5, 0.6) is 0 Å². The molecular weight excluding hydrogens is 372 g/mol. The maximum atomic E-state index is 13.0. The first-order chi connectivity index (χ1) is 13.5.